The zero-order chi connectivity index (χ0) is 13.8. The zero-order valence-electron chi connectivity index (χ0n) is 11.0. The average molecular weight is 274 g/mol. The maximum atomic E-state index is 4.92. The van der Waals surface area contributed by atoms with E-state index < -0.39 is 0 Å². The molecule has 3 rings (SSSR count). The van der Waals surface area contributed by atoms with Crippen LogP contribution in [0.2, 0.25) is 0 Å². The largest absolute Gasteiger partial charge is 0.0881 e. The molecule has 0 aliphatic rings. The van der Waals surface area contributed by atoms with Gasteiger partial charge in [-0.25, -0.2) is 0 Å². The second-order valence-corrected chi connectivity index (χ2v) is 4.92. The second-order valence-electron chi connectivity index (χ2n) is 4.68. The molecule has 0 aliphatic heterocycles. The minimum absolute atomic E-state index is 1.07. The first-order valence-corrected chi connectivity index (χ1v) is 7.05. The van der Waals surface area contributed by atoms with Crippen molar-refractivity contribution in [3.8, 4) is 22.3 Å². The Morgan fingerprint density at radius 2 is 0.900 bits per heavy atom. The van der Waals surface area contributed by atoms with Gasteiger partial charge in [0.05, 0.1) is 0 Å². The van der Waals surface area contributed by atoms with Gasteiger partial charge in [-0.1, -0.05) is 91.1 Å². The summed E-state index contributed by atoms with van der Waals surface area (Å²) in [5, 5.41) is 1.70. The van der Waals surface area contributed by atoms with Crippen LogP contribution in [0.3, 0.4) is 0 Å². The molecule has 3 aromatic rings. The Labute approximate surface area is 124 Å². The zero-order valence-corrected chi connectivity index (χ0v) is 11.8. The normalized spacial score (nSPS) is 10.2. The molecule has 0 spiro atoms. The fourth-order valence-corrected chi connectivity index (χ4v) is 2.40. The van der Waals surface area contributed by atoms with Gasteiger partial charge in [-0.15, -0.1) is 0 Å². The van der Waals surface area contributed by atoms with E-state index in [1.54, 1.807) is 5.37 Å². The Bertz CT molecular complexity index is 695. The van der Waals surface area contributed by atoms with Gasteiger partial charge in [0.15, 0.2) is 0 Å². The summed E-state index contributed by atoms with van der Waals surface area (Å²) in [5.41, 5.74) is 6.00. The molecule has 0 fully saturated rings. The van der Waals surface area contributed by atoms with Crippen LogP contribution in [0.25, 0.3) is 22.3 Å². The van der Waals surface area contributed by atoms with Crippen molar-refractivity contribution in [3.63, 3.8) is 0 Å². The Morgan fingerprint density at radius 3 is 1.35 bits per heavy atom. The summed E-state index contributed by atoms with van der Waals surface area (Å²) in [5.74, 6) is 0. The van der Waals surface area contributed by atoms with Gasteiger partial charge in [-0.05, 0) is 27.8 Å². The first-order valence-electron chi connectivity index (χ1n) is 6.58. The third-order valence-electron chi connectivity index (χ3n) is 3.37. The molecule has 1 heteroatoms. The molecule has 0 saturated heterocycles. The molecule has 20 heavy (non-hydrogen) atoms. The van der Waals surface area contributed by atoms with E-state index in [4.69, 9.17) is 12.2 Å². The summed E-state index contributed by atoms with van der Waals surface area (Å²) in [6, 6.07) is 27.4. The van der Waals surface area contributed by atoms with Crippen molar-refractivity contribution < 1.29 is 0 Å². The molecule has 0 atom stereocenters. The van der Waals surface area contributed by atoms with Crippen LogP contribution >= 0.6 is 12.2 Å². The van der Waals surface area contributed by atoms with E-state index in [0.717, 1.165) is 5.56 Å². The van der Waals surface area contributed by atoms with Gasteiger partial charge in [0.2, 0.25) is 0 Å². The van der Waals surface area contributed by atoms with E-state index in [0.29, 0.717) is 0 Å². The van der Waals surface area contributed by atoms with Gasteiger partial charge in [-0.3, -0.25) is 0 Å². The Morgan fingerprint density at radius 1 is 0.500 bits per heavy atom. The van der Waals surface area contributed by atoms with Crippen LogP contribution in [0.4, 0.5) is 0 Å². The standard InChI is InChI=1S/C19H14S/c20-14-15-6-8-17(9-7-15)19-12-10-18(11-13-19)16-4-2-1-3-5-16/h1-14H. The van der Waals surface area contributed by atoms with Gasteiger partial charge in [-0.2, -0.15) is 0 Å². The van der Waals surface area contributed by atoms with Gasteiger partial charge in [0, 0.05) is 5.37 Å². The molecule has 0 saturated carbocycles. The van der Waals surface area contributed by atoms with Crippen LogP contribution in [-0.2, 0) is 0 Å². The predicted octanol–water partition coefficient (Wildman–Crippen LogP) is 5.37. The number of rotatable bonds is 3. The monoisotopic (exact) mass is 274 g/mol. The van der Waals surface area contributed by atoms with Gasteiger partial charge >= 0.3 is 0 Å². The highest BCUT2D eigenvalue weighted by Crippen LogP contribution is 2.24. The second kappa shape index (κ2) is 5.81. The lowest BCUT2D eigenvalue weighted by Crippen LogP contribution is -1.82. The third-order valence-corrected chi connectivity index (χ3v) is 3.64. The van der Waals surface area contributed by atoms with E-state index in [9.17, 15) is 0 Å². The highest BCUT2D eigenvalue weighted by Gasteiger charge is 2.00. The Balaban J connectivity index is 1.91. The summed E-state index contributed by atoms with van der Waals surface area (Å²) in [6.07, 6.45) is 0. The maximum absolute atomic E-state index is 4.92. The summed E-state index contributed by atoms with van der Waals surface area (Å²) >= 11 is 4.92. The predicted molar refractivity (Wildman–Crippen MR) is 90.1 cm³/mol. The summed E-state index contributed by atoms with van der Waals surface area (Å²) < 4.78 is 0. The summed E-state index contributed by atoms with van der Waals surface area (Å²) in [4.78, 5) is 0. The van der Waals surface area contributed by atoms with Crippen LogP contribution in [0.15, 0.2) is 78.9 Å². The number of hydrogen-bond donors (Lipinski definition) is 0. The Kier molecular flexibility index (Phi) is 3.71. The van der Waals surface area contributed by atoms with Crippen LogP contribution in [0.5, 0.6) is 0 Å². The first-order chi connectivity index (χ1) is 9.86. The summed E-state index contributed by atoms with van der Waals surface area (Å²) in [7, 11) is 0. The van der Waals surface area contributed by atoms with Gasteiger partial charge in [0.1, 0.15) is 0 Å². The third kappa shape index (κ3) is 2.68. The van der Waals surface area contributed by atoms with Crippen molar-refractivity contribution in [2.75, 3.05) is 0 Å². The van der Waals surface area contributed by atoms with Gasteiger partial charge in [0.25, 0.3) is 0 Å². The van der Waals surface area contributed by atoms with Crippen LogP contribution in [0.1, 0.15) is 5.56 Å². The number of hydrogen-bond acceptors (Lipinski definition) is 1. The van der Waals surface area contributed by atoms with Crippen molar-refractivity contribution in [2.24, 2.45) is 0 Å². The fraction of sp³-hybridized carbons (Fsp3) is 0. The number of thiocarbonyl (C=S) groups is 1. The molecule has 0 amide bonds. The maximum Gasteiger partial charge on any atom is 0.00861 e. The van der Waals surface area contributed by atoms with Crippen LogP contribution in [0, 0.1) is 0 Å². The molecule has 0 aliphatic carbocycles. The molecule has 0 nitrogen and oxygen atoms in total. The first kappa shape index (κ1) is 12.8. The minimum Gasteiger partial charge on any atom is -0.0881 e. The van der Waals surface area contributed by atoms with Crippen molar-refractivity contribution in [2.45, 2.75) is 0 Å². The van der Waals surface area contributed by atoms with E-state index in [1.807, 2.05) is 18.2 Å². The topological polar surface area (TPSA) is 0 Å². The van der Waals surface area contributed by atoms with E-state index in [1.165, 1.54) is 22.3 Å². The van der Waals surface area contributed by atoms with E-state index >= 15 is 0 Å². The van der Waals surface area contributed by atoms with Crippen molar-refractivity contribution in [3.05, 3.63) is 84.4 Å². The lowest BCUT2D eigenvalue weighted by Gasteiger charge is -2.05. The molecule has 0 aromatic heterocycles. The Hall–Kier alpha value is -2.25. The van der Waals surface area contributed by atoms with Crippen molar-refractivity contribution in [1.29, 1.82) is 0 Å². The molecule has 0 unspecified atom stereocenters. The molecule has 3 aromatic carbocycles. The van der Waals surface area contributed by atoms with E-state index in [-0.39, 0.29) is 0 Å². The number of benzene rings is 3. The minimum atomic E-state index is 1.07. The fourth-order valence-electron chi connectivity index (χ4n) is 2.24. The highest BCUT2D eigenvalue weighted by atomic mass is 32.1. The lowest BCUT2D eigenvalue weighted by molar-refractivity contribution is 1.58. The molecule has 0 radical (unpaired) electrons. The summed E-state index contributed by atoms with van der Waals surface area (Å²) in [6.45, 7) is 0. The van der Waals surface area contributed by atoms with Crippen molar-refractivity contribution >= 4 is 17.6 Å². The molecule has 0 N–H and O–H groups in total. The molecular formula is C19H14S. The highest BCUT2D eigenvalue weighted by molar-refractivity contribution is 7.79. The van der Waals surface area contributed by atoms with Crippen LogP contribution < -0.4 is 0 Å². The van der Waals surface area contributed by atoms with Gasteiger partial charge < -0.3 is 0 Å². The smallest absolute Gasteiger partial charge is 0.00861 e. The SMILES string of the molecule is S=Cc1ccc(-c2ccc(-c3ccccc3)cc2)cc1. The molecule has 0 heterocycles. The molecular weight excluding hydrogens is 260 g/mol. The average Bonchev–Trinajstić information content (AvgIpc) is 2.56. The molecule has 0 bridgehead atoms. The van der Waals surface area contributed by atoms with E-state index in [2.05, 4.69) is 60.7 Å². The quantitative estimate of drug-likeness (QED) is 0.579. The lowest BCUT2D eigenvalue weighted by atomic mass is 10.00. The molecule has 96 valence electrons. The van der Waals surface area contributed by atoms with Crippen molar-refractivity contribution in [1.82, 2.24) is 0 Å². The van der Waals surface area contributed by atoms with Crippen LogP contribution in [-0.4, -0.2) is 5.37 Å².